The normalized spacial score (nSPS) is 10.8. The summed E-state index contributed by atoms with van der Waals surface area (Å²) >= 11 is 19.6. The second kappa shape index (κ2) is 40.6. The molecule has 11 aromatic rings. The standard InChI is InChI=1S/C17H10ClF2N5O.C17H11F2N5O2.C14H12FN5O.C7H12FNO2.C5H7FO3.Cl3OP.ClH.Na/c18-16-12(20)8-21-17(22-16)14-7-15(13-5-6-26-24-13)25(23-14)9-10-3-1-2-4-11(10)19;18-11-4-2-1-3-10(11)9-24-15(13-5-6-26-23-13)7-14(22-24)16-20-8-12(19)17(25)21-16;15-10-4-2-1-3-9(10)8-20-13(11-5-6-21-19-11)7-12(18-20)14(16)17;1-4-11-7(10)6(8)5-9(2)3;1-2-9-5(8)4(6)3-7;1-5(2,3)4;;/h1-8H,9H2;1-8H,9H2,(H,20,21,25);1-7H,8H2,(H3,16,17);5H,4H2,1-3H3;3,7H,2H2,1H3;;1H;/q;;;;;;;+1/p-1/b;;;6-5+;4-3+;;;. The Morgan fingerprint density at radius 3 is 1.42 bits per heavy atom. The van der Waals surface area contributed by atoms with Crippen molar-refractivity contribution in [2.45, 2.75) is 33.5 Å². The van der Waals surface area contributed by atoms with Gasteiger partial charge < -0.3 is 43.8 Å². The van der Waals surface area contributed by atoms with Gasteiger partial charge in [0.25, 0.3) is 5.56 Å². The molecule has 0 amide bonds. The molecule has 0 spiro atoms. The van der Waals surface area contributed by atoms with Crippen LogP contribution < -0.4 is 46.0 Å². The zero-order valence-electron chi connectivity index (χ0n) is 52.5. The fourth-order valence-corrected chi connectivity index (χ4v) is 7.82. The molecule has 522 valence electrons. The minimum Gasteiger partial charge on any atom is -0.876 e. The number of nitrogens with zero attached hydrogens (tertiary/aromatic N) is 13. The van der Waals surface area contributed by atoms with Crippen LogP contribution in [-0.4, -0.2) is 115 Å². The van der Waals surface area contributed by atoms with E-state index in [9.17, 15) is 54.8 Å². The van der Waals surface area contributed by atoms with E-state index in [-0.39, 0.29) is 127 Å². The number of nitrogens with two attached hydrogens (primary N) is 1. The van der Waals surface area contributed by atoms with E-state index < -0.39 is 46.0 Å². The topological polar surface area (TPSA) is 349 Å². The molecule has 0 atom stereocenters. The van der Waals surface area contributed by atoms with Gasteiger partial charge in [0.2, 0.25) is 11.6 Å². The van der Waals surface area contributed by atoms with Crippen LogP contribution in [0.5, 0.6) is 0 Å². The van der Waals surface area contributed by atoms with Crippen molar-refractivity contribution in [3.63, 3.8) is 0 Å². The summed E-state index contributed by atoms with van der Waals surface area (Å²) in [5, 5.41) is 38.0. The van der Waals surface area contributed by atoms with Gasteiger partial charge >= 0.3 is 46.7 Å². The van der Waals surface area contributed by atoms with Crippen LogP contribution in [0.25, 0.3) is 57.2 Å². The van der Waals surface area contributed by atoms with E-state index in [0.717, 1.165) is 18.6 Å². The number of nitrogens with one attached hydrogen (secondary N) is 2. The van der Waals surface area contributed by atoms with Crippen molar-refractivity contribution in [2.75, 3.05) is 27.3 Å². The molecule has 0 saturated carbocycles. The van der Waals surface area contributed by atoms with Gasteiger partial charge in [-0.2, -0.15) is 24.1 Å². The Labute approximate surface area is 609 Å². The largest absolute Gasteiger partial charge is 1.00 e. The third kappa shape index (κ3) is 25.7. The number of halogens is 12. The minimum absolute atomic E-state index is 0. The van der Waals surface area contributed by atoms with Crippen molar-refractivity contribution in [1.82, 2.24) is 69.6 Å². The molecule has 0 radical (unpaired) electrons. The first-order chi connectivity index (χ1) is 46.7. The van der Waals surface area contributed by atoms with E-state index in [1.165, 1.54) is 53.5 Å². The first kappa shape index (κ1) is 83.0. The van der Waals surface area contributed by atoms with E-state index in [1.54, 1.807) is 121 Å². The Hall–Kier alpha value is -9.44. The van der Waals surface area contributed by atoms with Crippen LogP contribution in [0.4, 0.5) is 30.7 Å². The Morgan fingerprint density at radius 1 is 0.640 bits per heavy atom. The number of carbonyl (C=O) groups is 2. The van der Waals surface area contributed by atoms with E-state index in [2.05, 4.69) is 93.9 Å². The summed E-state index contributed by atoms with van der Waals surface area (Å²) in [6.45, 7) is 3.90. The van der Waals surface area contributed by atoms with Gasteiger partial charge in [0.1, 0.15) is 76.2 Å². The van der Waals surface area contributed by atoms with Crippen LogP contribution in [-0.2, 0) is 43.3 Å². The second-order valence-corrected chi connectivity index (χ2v) is 26.0. The van der Waals surface area contributed by atoms with Gasteiger partial charge in [0, 0.05) is 55.2 Å². The molecule has 100 heavy (non-hydrogen) atoms. The molecule has 0 aliphatic heterocycles. The van der Waals surface area contributed by atoms with E-state index >= 15 is 0 Å². The Bertz CT molecular complexity index is 4620. The average Bonchev–Trinajstić information content (AvgIpc) is 1.69. The van der Waals surface area contributed by atoms with Gasteiger partial charge in [-0.15, -0.1) is 18.7 Å². The molecule has 26 nitrogen and oxygen atoms in total. The predicted molar refractivity (Wildman–Crippen MR) is 348 cm³/mol. The number of ether oxygens (including phenoxy) is 2. The number of hydrogen-bond donors (Lipinski definition) is 3. The summed E-state index contributed by atoms with van der Waals surface area (Å²) < 4.78 is 130. The molecular formula is C60H52Cl5F7N16NaO10P. The maximum absolute atomic E-state index is 14.0. The van der Waals surface area contributed by atoms with Crippen LogP contribution in [0, 0.1) is 34.5 Å². The van der Waals surface area contributed by atoms with E-state index in [1.807, 2.05) is 0 Å². The van der Waals surface area contributed by atoms with E-state index in [0.29, 0.717) is 62.2 Å². The number of aromatic amines is 1. The number of nitrogen functional groups attached to an aromatic ring is 1. The van der Waals surface area contributed by atoms with Crippen LogP contribution in [0.2, 0.25) is 5.15 Å². The smallest absolute Gasteiger partial charge is 0.876 e. The number of amidine groups is 1. The molecule has 0 aliphatic rings. The van der Waals surface area contributed by atoms with Crippen molar-refractivity contribution in [3.8, 4) is 57.2 Å². The number of carbonyl (C=O) groups excluding carboxylic acids is 2. The molecule has 40 heteroatoms. The van der Waals surface area contributed by atoms with Crippen molar-refractivity contribution in [3.05, 3.63) is 231 Å². The second-order valence-electron chi connectivity index (χ2n) is 19.0. The van der Waals surface area contributed by atoms with Crippen molar-refractivity contribution >= 4 is 80.7 Å². The summed E-state index contributed by atoms with van der Waals surface area (Å²) in [6, 6.07) is 29.0. The molecule has 0 saturated heterocycles. The molecule has 0 bridgehead atoms. The van der Waals surface area contributed by atoms with Crippen molar-refractivity contribution in [2.24, 2.45) is 5.73 Å². The van der Waals surface area contributed by atoms with Gasteiger partial charge in [0.15, 0.2) is 28.4 Å². The third-order valence-corrected chi connectivity index (χ3v) is 12.2. The monoisotopic (exact) mass is 1520 g/mol. The molecule has 0 fully saturated rings. The molecule has 0 unspecified atom stereocenters. The summed E-state index contributed by atoms with van der Waals surface area (Å²) in [5.74, 6) is -7.06. The van der Waals surface area contributed by atoms with Crippen LogP contribution in [0.3, 0.4) is 0 Å². The first-order valence-corrected chi connectivity index (χ1v) is 32.5. The van der Waals surface area contributed by atoms with Crippen LogP contribution >= 0.6 is 62.9 Å². The zero-order chi connectivity index (χ0) is 71.6. The molecule has 8 heterocycles. The maximum Gasteiger partial charge on any atom is 1.00 e. The molecule has 8 aromatic heterocycles. The zero-order valence-corrected chi connectivity index (χ0v) is 59.2. The van der Waals surface area contributed by atoms with Gasteiger partial charge in [-0.05, 0) is 84.0 Å². The molecule has 11 rings (SSSR count). The fraction of sp³-hybridized carbons (Fsp3) is 0.150. The van der Waals surface area contributed by atoms with Crippen molar-refractivity contribution in [1.29, 1.82) is 5.41 Å². The number of aromatic nitrogens is 13. The molecule has 4 N–H and O–H groups in total. The summed E-state index contributed by atoms with van der Waals surface area (Å²) in [4.78, 5) is 47.6. The summed E-state index contributed by atoms with van der Waals surface area (Å²) in [7, 11) is 3.25. The van der Waals surface area contributed by atoms with Gasteiger partial charge in [0.05, 0.1) is 62.3 Å². The molecule has 3 aromatic carbocycles. The average molecular weight is 1520 g/mol. The summed E-state index contributed by atoms with van der Waals surface area (Å²) in [5.41, 5.74) is 10.1. The minimum atomic E-state index is -3.22. The molecular weight excluding hydrogens is 1470 g/mol. The Balaban J connectivity index is 0.000000271. The number of rotatable bonds is 17. The van der Waals surface area contributed by atoms with Gasteiger partial charge in [-0.1, -0.05) is 81.7 Å². The Morgan fingerprint density at radius 2 is 1.04 bits per heavy atom. The third-order valence-electron chi connectivity index (χ3n) is 11.9. The van der Waals surface area contributed by atoms with Crippen molar-refractivity contribution < 1.29 is 103 Å². The SMILES string of the molecule is CCOC(=O)/C(F)=C\N(C)C.CCOC(=O)/C(F)=C\[O-].Cl.Fc1ccccc1Cn1nc(-c2ncc(F)c(Cl)n2)cc1-c1ccon1.N=C(N)c1cc(-c2ccon2)n(Cc2ccccc2F)n1.O=P(Cl)(Cl)Cl.O=c1[nH]c(-c2cc(-c3ccon3)n(Cc3ccccc3F)n2)ncc1F.[Na+]. The number of esters is 2. The van der Waals surface area contributed by atoms with Gasteiger partial charge in [-0.25, -0.2) is 46.5 Å². The summed E-state index contributed by atoms with van der Waals surface area (Å²) in [6.07, 6.45) is 6.92. The van der Waals surface area contributed by atoms with Crippen LogP contribution in [0.1, 0.15) is 36.2 Å². The van der Waals surface area contributed by atoms with Gasteiger partial charge in [-0.3, -0.25) is 28.8 Å². The van der Waals surface area contributed by atoms with Crippen LogP contribution in [0.15, 0.2) is 183 Å². The number of H-pyrrole nitrogens is 1. The van der Waals surface area contributed by atoms with E-state index in [4.69, 9.17) is 36.3 Å². The molecule has 0 aliphatic carbocycles. The maximum atomic E-state index is 14.0. The predicted octanol–water partition coefficient (Wildman–Crippen LogP) is 9.48. The number of benzene rings is 3. The Kier molecular flexibility index (Phi) is 33.7. The first-order valence-electron chi connectivity index (χ1n) is 27.7. The quantitative estimate of drug-likeness (QED) is 0.00878. The fourth-order valence-electron chi connectivity index (χ4n) is 7.69. The number of hydrogen-bond acceptors (Lipinski definition) is 21.